The van der Waals surface area contributed by atoms with Crippen LogP contribution in [0.1, 0.15) is 69.4 Å². The van der Waals surface area contributed by atoms with Gasteiger partial charge in [-0.3, -0.25) is 4.79 Å². The number of hydrogen-bond donors (Lipinski definition) is 4. The van der Waals surface area contributed by atoms with Crippen molar-refractivity contribution in [2.45, 2.75) is 70.3 Å². The molecular formula is C33H46FN3O4. The number of halogens is 1. The van der Waals surface area contributed by atoms with Crippen LogP contribution in [0.3, 0.4) is 0 Å². The molecule has 0 radical (unpaired) electrons. The number of carbonyl (C=O) groups excluding carboxylic acids is 1. The highest BCUT2D eigenvalue weighted by Gasteiger charge is 2.44. The number of aliphatic hydroxyl groups is 1. The van der Waals surface area contributed by atoms with Crippen LogP contribution in [0.25, 0.3) is 11.1 Å². The second-order valence-electron chi connectivity index (χ2n) is 11.9. The number of carbonyl (C=O) groups is 2. The Balaban J connectivity index is 1.63. The van der Waals surface area contributed by atoms with Crippen molar-refractivity contribution in [2.24, 2.45) is 17.8 Å². The fourth-order valence-corrected chi connectivity index (χ4v) is 6.96. The second-order valence-corrected chi connectivity index (χ2v) is 11.9. The van der Waals surface area contributed by atoms with E-state index in [0.717, 1.165) is 50.6 Å². The number of rotatable bonds is 11. The van der Waals surface area contributed by atoms with Crippen LogP contribution in [-0.2, 0) is 16.8 Å². The maximum atomic E-state index is 15.6. The second kappa shape index (κ2) is 14.3. The van der Waals surface area contributed by atoms with Gasteiger partial charge < -0.3 is 25.7 Å². The molecule has 2 aromatic carbocycles. The maximum Gasteiger partial charge on any atom is 0.404 e. The van der Waals surface area contributed by atoms with E-state index in [1.807, 2.05) is 43.1 Å². The number of nitrogens with zero attached hydrogens (tertiary/aromatic N) is 1. The van der Waals surface area contributed by atoms with Crippen molar-refractivity contribution in [1.29, 1.82) is 0 Å². The van der Waals surface area contributed by atoms with Crippen LogP contribution in [0, 0.1) is 23.6 Å². The Morgan fingerprint density at radius 2 is 1.85 bits per heavy atom. The quantitative estimate of drug-likeness (QED) is 0.267. The summed E-state index contributed by atoms with van der Waals surface area (Å²) in [4.78, 5) is 26.7. The number of carboxylic acid groups (broad SMARTS) is 1. The summed E-state index contributed by atoms with van der Waals surface area (Å²) in [6.07, 6.45) is 5.64. The van der Waals surface area contributed by atoms with Gasteiger partial charge in [0.1, 0.15) is 5.82 Å². The molecule has 224 valence electrons. The molecule has 41 heavy (non-hydrogen) atoms. The average molecular weight is 568 g/mol. The molecule has 1 saturated heterocycles. The van der Waals surface area contributed by atoms with Crippen LogP contribution < -0.4 is 10.6 Å². The van der Waals surface area contributed by atoms with E-state index in [-0.39, 0.29) is 30.7 Å². The minimum absolute atomic E-state index is 0.0104. The average Bonchev–Trinajstić information content (AvgIpc) is 2.99. The van der Waals surface area contributed by atoms with Crippen LogP contribution in [0.2, 0.25) is 0 Å². The lowest BCUT2D eigenvalue weighted by Crippen LogP contribution is -2.50. The largest absolute Gasteiger partial charge is 0.465 e. The summed E-state index contributed by atoms with van der Waals surface area (Å²) < 4.78 is 15.6. The number of amides is 2. The molecule has 4 N–H and O–H groups in total. The summed E-state index contributed by atoms with van der Waals surface area (Å²) in [6.45, 7) is 4.28. The third kappa shape index (κ3) is 7.46. The van der Waals surface area contributed by atoms with Gasteiger partial charge in [-0.1, -0.05) is 43.3 Å². The lowest BCUT2D eigenvalue weighted by molar-refractivity contribution is -0.142. The monoisotopic (exact) mass is 567 g/mol. The van der Waals surface area contributed by atoms with Crippen LogP contribution in [0.15, 0.2) is 42.5 Å². The predicted octanol–water partition coefficient (Wildman–Crippen LogP) is 5.55. The number of likely N-dealkylation sites (tertiary alicyclic amines) is 1. The molecule has 8 heteroatoms. The van der Waals surface area contributed by atoms with Crippen molar-refractivity contribution >= 4 is 12.0 Å². The molecule has 2 fully saturated rings. The minimum Gasteiger partial charge on any atom is -0.465 e. The van der Waals surface area contributed by atoms with Crippen molar-refractivity contribution in [2.75, 3.05) is 33.2 Å². The third-order valence-electron chi connectivity index (χ3n) is 9.21. The van der Waals surface area contributed by atoms with Gasteiger partial charge in [0.15, 0.2) is 0 Å². The molecule has 1 aliphatic carbocycles. The number of hydrogen-bond acceptors (Lipinski definition) is 4. The van der Waals surface area contributed by atoms with Crippen molar-refractivity contribution < 1.29 is 24.2 Å². The summed E-state index contributed by atoms with van der Waals surface area (Å²) in [5.74, 6) is 0.0830. The van der Waals surface area contributed by atoms with E-state index >= 15 is 4.39 Å². The van der Waals surface area contributed by atoms with Crippen LogP contribution in [0.4, 0.5) is 9.18 Å². The molecule has 0 aromatic heterocycles. The maximum absolute atomic E-state index is 15.6. The van der Waals surface area contributed by atoms with Crippen LogP contribution in [-0.4, -0.2) is 60.3 Å². The Labute approximate surface area is 243 Å². The third-order valence-corrected chi connectivity index (χ3v) is 9.21. The Bertz CT molecular complexity index is 1180. The zero-order valence-electron chi connectivity index (χ0n) is 24.5. The zero-order chi connectivity index (χ0) is 29.4. The Morgan fingerprint density at radius 1 is 1.10 bits per heavy atom. The first kappa shape index (κ1) is 31.0. The standard InChI is InChI=1S/C33H46FN3O4/c1-3-23-8-4-9-26(20-23)30-28(11-5-12-29(30)34)33(41,17-7-18-36-32(39)40)27-10-6-19-37(22-27)31(38)25-15-13-24(14-16-25)21-35-2/h4-5,8-9,11-12,20,24-25,27,35-36,41H,3,6-7,10,13-19,21-22H2,1-2H3,(H,39,40)/t24?,25?,27-,33+/m1/s1. The van der Waals surface area contributed by atoms with E-state index < -0.39 is 17.5 Å². The Kier molecular flexibility index (Phi) is 10.8. The zero-order valence-corrected chi connectivity index (χ0v) is 24.5. The van der Waals surface area contributed by atoms with Gasteiger partial charge in [-0.25, -0.2) is 9.18 Å². The smallest absolute Gasteiger partial charge is 0.404 e. The molecule has 1 heterocycles. The molecule has 2 amide bonds. The molecule has 2 aromatic rings. The fraction of sp³-hybridized carbons (Fsp3) is 0.576. The van der Waals surface area contributed by atoms with Crippen molar-refractivity contribution in [3.05, 3.63) is 59.4 Å². The molecule has 0 spiro atoms. The predicted molar refractivity (Wildman–Crippen MR) is 159 cm³/mol. The van der Waals surface area contributed by atoms with Crippen LogP contribution in [0.5, 0.6) is 0 Å². The summed E-state index contributed by atoms with van der Waals surface area (Å²) in [5, 5.41) is 27.3. The van der Waals surface area contributed by atoms with Gasteiger partial charge in [0, 0.05) is 37.0 Å². The van der Waals surface area contributed by atoms with Gasteiger partial charge in [0.05, 0.1) is 5.60 Å². The van der Waals surface area contributed by atoms with E-state index in [1.165, 1.54) is 6.07 Å². The molecule has 4 rings (SSSR count). The number of benzene rings is 2. The highest BCUT2D eigenvalue weighted by molar-refractivity contribution is 5.79. The first-order valence-corrected chi connectivity index (χ1v) is 15.3. The summed E-state index contributed by atoms with van der Waals surface area (Å²) >= 11 is 0. The molecule has 2 aliphatic rings. The van der Waals surface area contributed by atoms with Gasteiger partial charge in [-0.2, -0.15) is 0 Å². The molecule has 2 atom stereocenters. The van der Waals surface area contributed by atoms with E-state index in [4.69, 9.17) is 5.11 Å². The molecule has 7 nitrogen and oxygen atoms in total. The van der Waals surface area contributed by atoms with Gasteiger partial charge >= 0.3 is 6.09 Å². The van der Waals surface area contributed by atoms with E-state index in [9.17, 15) is 14.7 Å². The van der Waals surface area contributed by atoms with Crippen molar-refractivity contribution in [3.63, 3.8) is 0 Å². The van der Waals surface area contributed by atoms with Crippen molar-refractivity contribution in [3.8, 4) is 11.1 Å². The molecular weight excluding hydrogens is 521 g/mol. The Hall–Kier alpha value is -2.97. The van der Waals surface area contributed by atoms with Gasteiger partial charge in [0.2, 0.25) is 5.91 Å². The number of nitrogens with one attached hydrogen (secondary N) is 2. The Morgan fingerprint density at radius 3 is 2.56 bits per heavy atom. The van der Waals surface area contributed by atoms with Crippen molar-refractivity contribution in [1.82, 2.24) is 15.5 Å². The van der Waals surface area contributed by atoms with Gasteiger partial charge in [-0.15, -0.1) is 0 Å². The fourth-order valence-electron chi connectivity index (χ4n) is 6.96. The normalized spacial score (nSPS) is 22.6. The van der Waals surface area contributed by atoms with E-state index in [0.29, 0.717) is 48.5 Å². The molecule has 1 saturated carbocycles. The molecule has 0 bridgehead atoms. The first-order valence-electron chi connectivity index (χ1n) is 15.3. The highest BCUT2D eigenvalue weighted by atomic mass is 19.1. The van der Waals surface area contributed by atoms with Gasteiger partial charge in [0.25, 0.3) is 0 Å². The molecule has 1 aliphatic heterocycles. The SMILES string of the molecule is CCc1cccc(-c2c(F)cccc2[C@](O)(CCCNC(=O)O)[C@@H]2CCCN(C(=O)C3CCC(CNC)CC3)C2)c1. The van der Waals surface area contributed by atoms with E-state index in [2.05, 4.69) is 10.6 Å². The van der Waals surface area contributed by atoms with Crippen LogP contribution >= 0.6 is 0 Å². The summed E-state index contributed by atoms with van der Waals surface area (Å²) in [5.41, 5.74) is 1.23. The summed E-state index contributed by atoms with van der Waals surface area (Å²) in [6, 6.07) is 12.6. The number of piperidine rings is 1. The summed E-state index contributed by atoms with van der Waals surface area (Å²) in [7, 11) is 1.97. The number of aryl methyl sites for hydroxylation is 1. The lowest BCUT2D eigenvalue weighted by Gasteiger charge is -2.44. The molecule has 0 unspecified atom stereocenters. The topological polar surface area (TPSA) is 102 Å². The van der Waals surface area contributed by atoms with E-state index in [1.54, 1.807) is 12.1 Å². The highest BCUT2D eigenvalue weighted by Crippen LogP contribution is 2.45. The lowest BCUT2D eigenvalue weighted by atomic mass is 9.71. The minimum atomic E-state index is -1.44. The first-order chi connectivity index (χ1) is 19.8. The van der Waals surface area contributed by atoms with Gasteiger partial charge in [-0.05, 0) is 100 Å².